The fourth-order valence-electron chi connectivity index (χ4n) is 2.37. The lowest BCUT2D eigenvalue weighted by Crippen LogP contribution is -2.30. The predicted molar refractivity (Wildman–Crippen MR) is 88.6 cm³/mol. The number of carbonyl (C=O) groups excluding carboxylic acids is 1. The molecule has 3 heteroatoms. The molecular weight excluding hydrogens is 274 g/mol. The lowest BCUT2D eigenvalue weighted by molar-refractivity contribution is -0.126. The van der Waals surface area contributed by atoms with Crippen molar-refractivity contribution in [1.29, 1.82) is 0 Å². The molecule has 0 bridgehead atoms. The van der Waals surface area contributed by atoms with Gasteiger partial charge in [-0.15, -0.1) is 0 Å². The van der Waals surface area contributed by atoms with Crippen LogP contribution in [0.4, 0.5) is 0 Å². The molecule has 0 aromatic heterocycles. The molecule has 1 N–H and O–H groups in total. The summed E-state index contributed by atoms with van der Waals surface area (Å²) in [5.41, 5.74) is 4.63. The lowest BCUT2D eigenvalue weighted by atomic mass is 10.1. The van der Waals surface area contributed by atoms with Crippen LogP contribution >= 0.6 is 0 Å². The third-order valence-electron chi connectivity index (χ3n) is 3.67. The Bertz CT molecular complexity index is 623. The first-order chi connectivity index (χ1) is 10.6. The van der Waals surface area contributed by atoms with E-state index in [0.29, 0.717) is 6.61 Å². The second kappa shape index (κ2) is 7.76. The van der Waals surface area contributed by atoms with Crippen LogP contribution < -0.4 is 5.32 Å². The minimum absolute atomic E-state index is 0.0154. The summed E-state index contributed by atoms with van der Waals surface area (Å²) >= 11 is 0. The quantitative estimate of drug-likeness (QED) is 0.883. The molecular formula is C19H23NO2. The Balaban J connectivity index is 1.78. The maximum absolute atomic E-state index is 11.9. The van der Waals surface area contributed by atoms with Crippen molar-refractivity contribution >= 4 is 5.91 Å². The van der Waals surface area contributed by atoms with E-state index in [1.807, 2.05) is 37.3 Å². The highest BCUT2D eigenvalue weighted by Crippen LogP contribution is 2.12. The Morgan fingerprint density at radius 3 is 2.55 bits per heavy atom. The van der Waals surface area contributed by atoms with Crippen LogP contribution in [-0.4, -0.2) is 12.5 Å². The molecule has 0 aliphatic heterocycles. The van der Waals surface area contributed by atoms with Crippen LogP contribution in [0.25, 0.3) is 0 Å². The zero-order chi connectivity index (χ0) is 15.9. The Morgan fingerprint density at radius 1 is 1.14 bits per heavy atom. The molecule has 0 aliphatic carbocycles. The first kappa shape index (κ1) is 16.2. The molecule has 0 heterocycles. The van der Waals surface area contributed by atoms with Gasteiger partial charge in [-0.25, -0.2) is 0 Å². The molecule has 0 aliphatic rings. The maximum Gasteiger partial charge on any atom is 0.246 e. The third kappa shape index (κ3) is 4.71. The van der Waals surface area contributed by atoms with E-state index in [1.54, 1.807) is 0 Å². The van der Waals surface area contributed by atoms with E-state index in [2.05, 4.69) is 37.4 Å². The van der Waals surface area contributed by atoms with Crippen molar-refractivity contribution in [3.63, 3.8) is 0 Å². The summed E-state index contributed by atoms with van der Waals surface area (Å²) in [5.74, 6) is -0.0962. The van der Waals surface area contributed by atoms with Crippen LogP contribution in [0.3, 0.4) is 0 Å². The largest absolute Gasteiger partial charge is 0.367 e. The van der Waals surface area contributed by atoms with Gasteiger partial charge in [0.05, 0.1) is 12.6 Å². The SMILES string of the molecule is Cc1ccc(COCC(=O)NC(C)c2ccccc2)c(C)c1. The molecule has 0 radical (unpaired) electrons. The molecule has 2 aromatic carbocycles. The molecule has 0 fully saturated rings. The normalized spacial score (nSPS) is 12.0. The van der Waals surface area contributed by atoms with Crippen molar-refractivity contribution < 1.29 is 9.53 Å². The minimum atomic E-state index is -0.0962. The number of aryl methyl sites for hydroxylation is 2. The van der Waals surface area contributed by atoms with Crippen molar-refractivity contribution in [2.45, 2.75) is 33.4 Å². The molecule has 0 spiro atoms. The highest BCUT2D eigenvalue weighted by atomic mass is 16.5. The summed E-state index contributed by atoms with van der Waals surface area (Å²) < 4.78 is 5.53. The van der Waals surface area contributed by atoms with Crippen molar-refractivity contribution in [3.05, 3.63) is 70.8 Å². The Labute approximate surface area is 132 Å². The summed E-state index contributed by atoms with van der Waals surface area (Å²) in [6.45, 7) is 6.63. The molecule has 0 saturated carbocycles. The molecule has 22 heavy (non-hydrogen) atoms. The molecule has 116 valence electrons. The van der Waals surface area contributed by atoms with Crippen molar-refractivity contribution in [3.8, 4) is 0 Å². The summed E-state index contributed by atoms with van der Waals surface area (Å²) in [4.78, 5) is 11.9. The average Bonchev–Trinajstić information content (AvgIpc) is 2.50. The molecule has 2 rings (SSSR count). The second-order valence-corrected chi connectivity index (χ2v) is 5.62. The Hall–Kier alpha value is -2.13. The molecule has 3 nitrogen and oxygen atoms in total. The van der Waals surface area contributed by atoms with E-state index in [9.17, 15) is 4.79 Å². The van der Waals surface area contributed by atoms with E-state index in [-0.39, 0.29) is 18.6 Å². The van der Waals surface area contributed by atoms with Gasteiger partial charge in [-0.3, -0.25) is 4.79 Å². The monoisotopic (exact) mass is 297 g/mol. The maximum atomic E-state index is 11.9. The van der Waals surface area contributed by atoms with Gasteiger partial charge in [0.25, 0.3) is 0 Å². The van der Waals surface area contributed by atoms with Gasteiger partial charge in [0.1, 0.15) is 6.61 Å². The number of amides is 1. The Morgan fingerprint density at radius 2 is 1.86 bits per heavy atom. The van der Waals surface area contributed by atoms with Gasteiger partial charge in [-0.1, -0.05) is 54.1 Å². The zero-order valence-corrected chi connectivity index (χ0v) is 13.4. The highest BCUT2D eigenvalue weighted by molar-refractivity contribution is 5.77. The van der Waals surface area contributed by atoms with Crippen LogP contribution in [0.5, 0.6) is 0 Å². The smallest absolute Gasteiger partial charge is 0.246 e. The number of rotatable bonds is 6. The average molecular weight is 297 g/mol. The first-order valence-corrected chi connectivity index (χ1v) is 7.54. The van der Waals surface area contributed by atoms with Crippen molar-refractivity contribution in [2.24, 2.45) is 0 Å². The fourth-order valence-corrected chi connectivity index (χ4v) is 2.37. The van der Waals surface area contributed by atoms with Crippen LogP contribution in [0, 0.1) is 13.8 Å². The van der Waals surface area contributed by atoms with Gasteiger partial charge < -0.3 is 10.1 Å². The summed E-state index contributed by atoms with van der Waals surface area (Å²) in [5, 5.41) is 2.94. The fraction of sp³-hybridized carbons (Fsp3) is 0.316. The number of benzene rings is 2. The number of ether oxygens (including phenoxy) is 1. The number of hydrogen-bond acceptors (Lipinski definition) is 2. The second-order valence-electron chi connectivity index (χ2n) is 5.62. The van der Waals surface area contributed by atoms with Crippen LogP contribution in [0.15, 0.2) is 48.5 Å². The standard InChI is InChI=1S/C19H23NO2/c1-14-9-10-18(15(2)11-14)12-22-13-19(21)20-16(3)17-7-5-4-6-8-17/h4-11,16H,12-13H2,1-3H3,(H,20,21). The van der Waals surface area contributed by atoms with Gasteiger partial charge in [-0.05, 0) is 37.5 Å². The molecule has 1 unspecified atom stereocenters. The summed E-state index contributed by atoms with van der Waals surface area (Å²) in [7, 11) is 0. The molecule has 1 amide bonds. The molecule has 0 saturated heterocycles. The van der Waals surface area contributed by atoms with Crippen LogP contribution in [-0.2, 0) is 16.1 Å². The van der Waals surface area contributed by atoms with Crippen LogP contribution in [0.2, 0.25) is 0 Å². The minimum Gasteiger partial charge on any atom is -0.367 e. The van der Waals surface area contributed by atoms with E-state index < -0.39 is 0 Å². The summed E-state index contributed by atoms with van der Waals surface area (Å²) in [6.07, 6.45) is 0. The molecule has 1 atom stereocenters. The highest BCUT2D eigenvalue weighted by Gasteiger charge is 2.09. The number of nitrogens with one attached hydrogen (secondary N) is 1. The van der Waals surface area contributed by atoms with Crippen molar-refractivity contribution in [1.82, 2.24) is 5.32 Å². The van der Waals surface area contributed by atoms with Gasteiger partial charge in [0, 0.05) is 0 Å². The Kier molecular flexibility index (Phi) is 5.73. The zero-order valence-electron chi connectivity index (χ0n) is 13.4. The molecule has 2 aromatic rings. The first-order valence-electron chi connectivity index (χ1n) is 7.54. The third-order valence-corrected chi connectivity index (χ3v) is 3.67. The van der Waals surface area contributed by atoms with Gasteiger partial charge in [-0.2, -0.15) is 0 Å². The predicted octanol–water partition coefficient (Wildman–Crippen LogP) is 3.70. The van der Waals surface area contributed by atoms with Crippen LogP contribution in [0.1, 0.15) is 35.2 Å². The van der Waals surface area contributed by atoms with E-state index in [4.69, 9.17) is 4.74 Å². The number of carbonyl (C=O) groups is 1. The topological polar surface area (TPSA) is 38.3 Å². The van der Waals surface area contributed by atoms with Gasteiger partial charge >= 0.3 is 0 Å². The van der Waals surface area contributed by atoms with Crippen molar-refractivity contribution in [2.75, 3.05) is 6.61 Å². The number of hydrogen-bond donors (Lipinski definition) is 1. The summed E-state index contributed by atoms with van der Waals surface area (Å²) in [6, 6.07) is 16.1. The van der Waals surface area contributed by atoms with E-state index >= 15 is 0 Å². The van der Waals surface area contributed by atoms with Gasteiger partial charge in [0.15, 0.2) is 0 Å². The van der Waals surface area contributed by atoms with E-state index in [0.717, 1.165) is 11.1 Å². The lowest BCUT2D eigenvalue weighted by Gasteiger charge is -2.14. The van der Waals surface area contributed by atoms with Gasteiger partial charge in [0.2, 0.25) is 5.91 Å². The van der Waals surface area contributed by atoms with E-state index in [1.165, 1.54) is 11.1 Å².